The lowest BCUT2D eigenvalue weighted by Gasteiger charge is -2.11. The monoisotopic (exact) mass is 306 g/mol. The number of nitrogens with one attached hydrogen (secondary N) is 1. The molecule has 8 heteroatoms. The minimum Gasteiger partial charge on any atom is -0.384 e. The molecule has 5 nitrogen and oxygen atoms in total. The van der Waals surface area contributed by atoms with E-state index >= 15 is 0 Å². The summed E-state index contributed by atoms with van der Waals surface area (Å²) in [6.45, 7) is 0. The molecular weight excluding hydrogens is 302 g/mol. The molecule has 0 aliphatic heterocycles. The van der Waals surface area contributed by atoms with Crippen molar-refractivity contribution in [3.8, 4) is 23.3 Å². The van der Waals surface area contributed by atoms with Crippen molar-refractivity contribution in [2.24, 2.45) is 0 Å². The molecule has 0 atom stereocenters. The summed E-state index contributed by atoms with van der Waals surface area (Å²) < 4.78 is 26.9. The van der Waals surface area contributed by atoms with E-state index in [1.807, 2.05) is 0 Å². The molecule has 104 valence electrons. The van der Waals surface area contributed by atoms with Crippen LogP contribution in [-0.4, -0.2) is 4.98 Å². The smallest absolute Gasteiger partial charge is 0.268 e. The van der Waals surface area contributed by atoms with Gasteiger partial charge in [0.15, 0.2) is 0 Å². The molecule has 0 saturated carbocycles. The molecule has 0 fully saturated rings. The predicted molar refractivity (Wildman–Crippen MR) is 71.3 cm³/mol. The maximum atomic E-state index is 13.5. The van der Waals surface area contributed by atoms with Crippen LogP contribution >= 0.6 is 11.6 Å². The third kappa shape index (κ3) is 2.31. The van der Waals surface area contributed by atoms with Crippen molar-refractivity contribution in [3.05, 3.63) is 50.3 Å². The zero-order valence-corrected chi connectivity index (χ0v) is 10.9. The topological polar surface area (TPSA) is 106 Å². The minimum atomic E-state index is -1.08. The molecule has 2 rings (SSSR count). The maximum absolute atomic E-state index is 13.5. The van der Waals surface area contributed by atoms with Gasteiger partial charge in [-0.15, -0.1) is 0 Å². The van der Waals surface area contributed by atoms with Crippen LogP contribution in [-0.2, 0) is 0 Å². The molecule has 2 aromatic rings. The van der Waals surface area contributed by atoms with Gasteiger partial charge in [0, 0.05) is 17.2 Å². The Hall–Kier alpha value is -2.90. The minimum absolute atomic E-state index is 0.292. The quantitative estimate of drug-likeness (QED) is 0.788. The number of nitrogens with two attached hydrogens (primary N) is 1. The van der Waals surface area contributed by atoms with Gasteiger partial charge in [-0.25, -0.2) is 8.78 Å². The lowest BCUT2D eigenvalue weighted by Crippen LogP contribution is -2.16. The maximum Gasteiger partial charge on any atom is 0.268 e. The van der Waals surface area contributed by atoms with E-state index in [2.05, 4.69) is 4.98 Å². The van der Waals surface area contributed by atoms with Crippen LogP contribution < -0.4 is 11.3 Å². The second kappa shape index (κ2) is 5.23. The number of nitrogen functional groups attached to an aromatic ring is 1. The van der Waals surface area contributed by atoms with E-state index in [9.17, 15) is 13.6 Å². The molecular formula is C13H5ClF2N4O. The van der Waals surface area contributed by atoms with E-state index in [-0.39, 0.29) is 22.5 Å². The molecule has 1 aromatic carbocycles. The Bertz CT molecular complexity index is 893. The van der Waals surface area contributed by atoms with Gasteiger partial charge < -0.3 is 10.7 Å². The highest BCUT2D eigenvalue weighted by Gasteiger charge is 2.22. The van der Waals surface area contributed by atoms with Gasteiger partial charge in [0.25, 0.3) is 5.56 Å². The van der Waals surface area contributed by atoms with Crippen LogP contribution in [0, 0.1) is 34.3 Å². The number of benzene rings is 1. The molecule has 0 unspecified atom stereocenters. The molecule has 0 bridgehead atoms. The molecule has 0 aliphatic rings. The summed E-state index contributed by atoms with van der Waals surface area (Å²) >= 11 is 5.75. The van der Waals surface area contributed by atoms with E-state index in [1.54, 1.807) is 12.1 Å². The van der Waals surface area contributed by atoms with Crippen LogP contribution in [0.1, 0.15) is 11.1 Å². The summed E-state index contributed by atoms with van der Waals surface area (Å²) in [6, 6.07) is 4.62. The molecule has 0 spiro atoms. The van der Waals surface area contributed by atoms with E-state index < -0.39 is 27.8 Å². The van der Waals surface area contributed by atoms with Crippen LogP contribution in [0.15, 0.2) is 16.9 Å². The highest BCUT2D eigenvalue weighted by Crippen LogP contribution is 2.35. The van der Waals surface area contributed by atoms with E-state index in [1.165, 1.54) is 0 Å². The van der Waals surface area contributed by atoms with Crippen molar-refractivity contribution in [1.82, 2.24) is 4.98 Å². The molecule has 21 heavy (non-hydrogen) atoms. The SMILES string of the molecule is N#Cc1c(N)[nH]c(=O)c(C#N)c1-c1cc(F)cc(F)c1Cl. The number of anilines is 1. The normalized spacial score (nSPS) is 9.95. The number of hydrogen-bond acceptors (Lipinski definition) is 4. The average molecular weight is 307 g/mol. The van der Waals surface area contributed by atoms with Crippen LogP contribution in [0.5, 0.6) is 0 Å². The van der Waals surface area contributed by atoms with Gasteiger partial charge >= 0.3 is 0 Å². The van der Waals surface area contributed by atoms with E-state index in [0.717, 1.165) is 6.07 Å². The summed E-state index contributed by atoms with van der Waals surface area (Å²) in [6.07, 6.45) is 0. The molecule has 0 amide bonds. The summed E-state index contributed by atoms with van der Waals surface area (Å²) in [7, 11) is 0. The Labute approximate surface area is 121 Å². The fraction of sp³-hybridized carbons (Fsp3) is 0. The largest absolute Gasteiger partial charge is 0.384 e. The van der Waals surface area contributed by atoms with Crippen LogP contribution in [0.2, 0.25) is 5.02 Å². The molecule has 0 radical (unpaired) electrons. The third-order valence-corrected chi connectivity index (χ3v) is 3.11. The van der Waals surface area contributed by atoms with Crippen molar-refractivity contribution in [3.63, 3.8) is 0 Å². The first kappa shape index (κ1) is 14.5. The number of halogens is 3. The average Bonchev–Trinajstić information content (AvgIpc) is 2.42. The Kier molecular flexibility index (Phi) is 3.62. The summed E-state index contributed by atoms with van der Waals surface area (Å²) in [5, 5.41) is 17.6. The number of nitrogens with zero attached hydrogens (tertiary/aromatic N) is 2. The Morgan fingerprint density at radius 1 is 1.19 bits per heavy atom. The summed E-state index contributed by atoms with van der Waals surface area (Å²) in [5.41, 5.74) is 3.22. The highest BCUT2D eigenvalue weighted by molar-refractivity contribution is 6.33. The zero-order chi connectivity index (χ0) is 15.7. The first-order valence-electron chi connectivity index (χ1n) is 5.41. The van der Waals surface area contributed by atoms with Gasteiger partial charge in [0.05, 0.1) is 5.02 Å². The molecule has 1 heterocycles. The number of rotatable bonds is 1. The first-order chi connectivity index (χ1) is 9.90. The number of aromatic amines is 1. The van der Waals surface area contributed by atoms with Crippen molar-refractivity contribution < 1.29 is 8.78 Å². The molecule has 0 saturated heterocycles. The predicted octanol–water partition coefficient (Wildman–Crippen LogP) is 2.30. The molecule has 0 aliphatic carbocycles. The van der Waals surface area contributed by atoms with Crippen molar-refractivity contribution >= 4 is 17.4 Å². The number of aromatic nitrogens is 1. The standard InChI is InChI=1S/C13H5ClF2N4O/c14-11-6(1-5(15)2-9(11)16)10-7(3-17)12(19)20-13(21)8(10)4-18/h1-2H,(H3,19,20,21). The fourth-order valence-electron chi connectivity index (χ4n) is 1.85. The van der Waals surface area contributed by atoms with Gasteiger partial charge in [-0.2, -0.15) is 10.5 Å². The van der Waals surface area contributed by atoms with Gasteiger partial charge in [-0.05, 0) is 6.07 Å². The highest BCUT2D eigenvalue weighted by atomic mass is 35.5. The number of H-pyrrole nitrogens is 1. The summed E-state index contributed by atoms with van der Waals surface area (Å²) in [4.78, 5) is 13.8. The molecule has 3 N–H and O–H groups in total. The lowest BCUT2D eigenvalue weighted by atomic mass is 9.96. The first-order valence-corrected chi connectivity index (χ1v) is 5.79. The van der Waals surface area contributed by atoms with Gasteiger partial charge in [-0.3, -0.25) is 4.79 Å². The zero-order valence-electron chi connectivity index (χ0n) is 10.2. The van der Waals surface area contributed by atoms with Crippen LogP contribution in [0.4, 0.5) is 14.6 Å². The number of pyridine rings is 1. The van der Waals surface area contributed by atoms with Crippen LogP contribution in [0.25, 0.3) is 11.1 Å². The Morgan fingerprint density at radius 3 is 2.38 bits per heavy atom. The second-order valence-corrected chi connectivity index (χ2v) is 4.34. The Balaban J connectivity index is 3.04. The van der Waals surface area contributed by atoms with Crippen molar-refractivity contribution in [1.29, 1.82) is 10.5 Å². The van der Waals surface area contributed by atoms with Gasteiger partial charge in [0.2, 0.25) is 0 Å². The number of hydrogen-bond donors (Lipinski definition) is 2. The van der Waals surface area contributed by atoms with Gasteiger partial charge in [-0.1, -0.05) is 11.6 Å². The Morgan fingerprint density at radius 2 is 1.81 bits per heavy atom. The van der Waals surface area contributed by atoms with Crippen LogP contribution in [0.3, 0.4) is 0 Å². The number of nitriles is 2. The molecule has 1 aromatic heterocycles. The van der Waals surface area contributed by atoms with E-state index in [0.29, 0.717) is 6.07 Å². The van der Waals surface area contributed by atoms with E-state index in [4.69, 9.17) is 27.9 Å². The van der Waals surface area contributed by atoms with Gasteiger partial charge in [0.1, 0.15) is 40.7 Å². The third-order valence-electron chi connectivity index (χ3n) is 2.73. The van der Waals surface area contributed by atoms with Crippen molar-refractivity contribution in [2.45, 2.75) is 0 Å². The fourth-order valence-corrected chi connectivity index (χ4v) is 2.05. The lowest BCUT2D eigenvalue weighted by molar-refractivity contribution is 0.584. The van der Waals surface area contributed by atoms with Crippen molar-refractivity contribution in [2.75, 3.05) is 5.73 Å². The second-order valence-electron chi connectivity index (χ2n) is 3.97. The summed E-state index contributed by atoms with van der Waals surface area (Å²) in [5.74, 6) is -2.38.